The van der Waals surface area contributed by atoms with Crippen LogP contribution in [0.1, 0.15) is 25.0 Å². The van der Waals surface area contributed by atoms with Gasteiger partial charge in [-0.05, 0) is 29.3 Å². The predicted octanol–water partition coefficient (Wildman–Crippen LogP) is 3.48. The highest BCUT2D eigenvalue weighted by molar-refractivity contribution is 7.89. The first-order valence-corrected chi connectivity index (χ1v) is 11.4. The van der Waals surface area contributed by atoms with Gasteiger partial charge in [0.2, 0.25) is 10.0 Å². The van der Waals surface area contributed by atoms with Crippen LogP contribution in [0.2, 0.25) is 0 Å². The molecule has 0 amide bonds. The number of hydrogen-bond donors (Lipinski definition) is 1. The monoisotopic (exact) mass is 443 g/mol. The van der Waals surface area contributed by atoms with Crippen molar-refractivity contribution in [2.24, 2.45) is 0 Å². The van der Waals surface area contributed by atoms with Crippen molar-refractivity contribution < 1.29 is 13.3 Å². The molecule has 0 spiro atoms. The van der Waals surface area contributed by atoms with Crippen molar-refractivity contribution in [3.8, 4) is 0 Å². The second-order valence-electron chi connectivity index (χ2n) is 6.90. The minimum absolute atomic E-state index is 0.0866. The van der Waals surface area contributed by atoms with E-state index in [0.29, 0.717) is 26.2 Å². The Morgan fingerprint density at radius 1 is 1.10 bits per heavy atom. The number of nitro groups is 1. The lowest BCUT2D eigenvalue weighted by atomic mass is 10.1. The van der Waals surface area contributed by atoms with Crippen molar-refractivity contribution in [1.29, 1.82) is 0 Å². The molecule has 0 aliphatic heterocycles. The van der Waals surface area contributed by atoms with Crippen LogP contribution in [0.3, 0.4) is 0 Å². The number of nitrogens with one attached hydrogen (secondary N) is 1. The summed E-state index contributed by atoms with van der Waals surface area (Å²) in [6.45, 7) is 5.07. The first kappa shape index (κ1) is 22.4. The van der Waals surface area contributed by atoms with Crippen molar-refractivity contribution in [2.75, 3.05) is 18.4 Å². The molecule has 1 aromatic heterocycles. The summed E-state index contributed by atoms with van der Waals surface area (Å²) >= 11 is 0. The third-order valence-corrected chi connectivity index (χ3v) is 6.96. The van der Waals surface area contributed by atoms with Crippen LogP contribution in [-0.2, 0) is 23.1 Å². The Balaban J connectivity index is 1.75. The summed E-state index contributed by atoms with van der Waals surface area (Å²) in [5.74, 6) is 0. The van der Waals surface area contributed by atoms with Crippen LogP contribution in [0, 0.1) is 10.1 Å². The number of sulfonamides is 1. The third kappa shape index (κ3) is 5.28. The molecule has 0 bridgehead atoms. The van der Waals surface area contributed by atoms with E-state index in [1.807, 2.05) is 41.2 Å². The SMILES string of the molecule is CCN(CC)S(=O)(=O)c1ccc(NCc2ccc(Cn3cccn3)cc2)c([N+](=O)[O-])c1. The van der Waals surface area contributed by atoms with Gasteiger partial charge in [0, 0.05) is 38.1 Å². The van der Waals surface area contributed by atoms with Crippen molar-refractivity contribution in [3.63, 3.8) is 0 Å². The van der Waals surface area contributed by atoms with Crippen LogP contribution in [0.4, 0.5) is 11.4 Å². The average Bonchev–Trinajstić information content (AvgIpc) is 3.26. The maximum Gasteiger partial charge on any atom is 0.293 e. The van der Waals surface area contributed by atoms with E-state index < -0.39 is 14.9 Å². The molecule has 0 aliphatic carbocycles. The zero-order chi connectivity index (χ0) is 22.4. The fraction of sp³-hybridized carbons (Fsp3) is 0.286. The van der Waals surface area contributed by atoms with Gasteiger partial charge in [0.05, 0.1) is 16.4 Å². The maximum absolute atomic E-state index is 12.7. The predicted molar refractivity (Wildman–Crippen MR) is 118 cm³/mol. The molecule has 0 saturated carbocycles. The highest BCUT2D eigenvalue weighted by Crippen LogP contribution is 2.29. The fourth-order valence-electron chi connectivity index (χ4n) is 3.23. The van der Waals surface area contributed by atoms with Gasteiger partial charge in [0.25, 0.3) is 5.69 Å². The number of anilines is 1. The van der Waals surface area contributed by atoms with Crippen molar-refractivity contribution in [2.45, 2.75) is 31.8 Å². The molecule has 0 fully saturated rings. The summed E-state index contributed by atoms with van der Waals surface area (Å²) in [7, 11) is -3.77. The van der Waals surface area contributed by atoms with Crippen LogP contribution in [0.5, 0.6) is 0 Å². The number of benzene rings is 2. The van der Waals surface area contributed by atoms with Gasteiger partial charge in [-0.25, -0.2) is 8.42 Å². The lowest BCUT2D eigenvalue weighted by Gasteiger charge is -2.18. The van der Waals surface area contributed by atoms with E-state index in [2.05, 4.69) is 10.4 Å². The van der Waals surface area contributed by atoms with Crippen LogP contribution >= 0.6 is 0 Å². The largest absolute Gasteiger partial charge is 0.375 e. The summed E-state index contributed by atoms with van der Waals surface area (Å²) in [4.78, 5) is 10.9. The molecular formula is C21H25N5O4S. The van der Waals surface area contributed by atoms with E-state index in [1.165, 1.54) is 16.4 Å². The van der Waals surface area contributed by atoms with E-state index in [0.717, 1.165) is 17.2 Å². The molecule has 31 heavy (non-hydrogen) atoms. The standard InChI is InChI=1S/C21H25N5O4S/c1-3-25(4-2)31(29,30)19-10-11-20(21(14-19)26(27)28)22-15-17-6-8-18(9-7-17)16-24-13-5-12-23-24/h5-14,22H,3-4,15-16H2,1-2H3. The molecule has 0 atom stereocenters. The summed E-state index contributed by atoms with van der Waals surface area (Å²) < 4.78 is 28.5. The number of nitro benzene ring substituents is 1. The Bertz CT molecular complexity index is 1130. The molecule has 10 heteroatoms. The van der Waals surface area contributed by atoms with E-state index in [-0.39, 0.29) is 16.3 Å². The highest BCUT2D eigenvalue weighted by atomic mass is 32.2. The Hall–Kier alpha value is -3.24. The summed E-state index contributed by atoms with van der Waals surface area (Å²) in [6, 6.07) is 13.7. The summed E-state index contributed by atoms with van der Waals surface area (Å²) in [6.07, 6.45) is 3.61. The van der Waals surface area contributed by atoms with Gasteiger partial charge in [-0.2, -0.15) is 9.40 Å². The molecule has 0 aliphatic rings. The average molecular weight is 444 g/mol. The molecule has 3 rings (SSSR count). The summed E-state index contributed by atoms with van der Waals surface area (Å²) in [5, 5.41) is 18.8. The molecular weight excluding hydrogens is 418 g/mol. The molecule has 164 valence electrons. The molecule has 0 saturated heterocycles. The number of rotatable bonds is 10. The van der Waals surface area contributed by atoms with Gasteiger partial charge in [-0.3, -0.25) is 14.8 Å². The van der Waals surface area contributed by atoms with Crippen LogP contribution in [-0.4, -0.2) is 40.5 Å². The lowest BCUT2D eigenvalue weighted by Crippen LogP contribution is -2.30. The molecule has 0 unspecified atom stereocenters. The normalized spacial score (nSPS) is 11.6. The van der Waals surface area contributed by atoms with E-state index >= 15 is 0 Å². The minimum Gasteiger partial charge on any atom is -0.375 e. The van der Waals surface area contributed by atoms with Gasteiger partial charge in [-0.1, -0.05) is 38.1 Å². The molecule has 0 radical (unpaired) electrons. The second kappa shape index (κ2) is 9.71. The van der Waals surface area contributed by atoms with Crippen molar-refractivity contribution in [1.82, 2.24) is 14.1 Å². The molecule has 9 nitrogen and oxygen atoms in total. The third-order valence-electron chi connectivity index (χ3n) is 4.92. The van der Waals surface area contributed by atoms with Crippen molar-refractivity contribution in [3.05, 3.63) is 82.2 Å². The second-order valence-corrected chi connectivity index (χ2v) is 8.84. The Morgan fingerprint density at radius 2 is 1.77 bits per heavy atom. The lowest BCUT2D eigenvalue weighted by molar-refractivity contribution is -0.384. The van der Waals surface area contributed by atoms with Crippen LogP contribution < -0.4 is 5.32 Å². The zero-order valence-electron chi connectivity index (χ0n) is 17.4. The number of hydrogen-bond acceptors (Lipinski definition) is 6. The first-order chi connectivity index (χ1) is 14.8. The molecule has 2 aromatic carbocycles. The Kier molecular flexibility index (Phi) is 7.03. The van der Waals surface area contributed by atoms with E-state index in [1.54, 1.807) is 20.0 Å². The maximum atomic E-state index is 12.7. The number of aromatic nitrogens is 2. The minimum atomic E-state index is -3.77. The van der Waals surface area contributed by atoms with Crippen molar-refractivity contribution >= 4 is 21.4 Å². The van der Waals surface area contributed by atoms with Gasteiger partial charge >= 0.3 is 0 Å². The van der Waals surface area contributed by atoms with Gasteiger partial charge < -0.3 is 5.32 Å². The highest BCUT2D eigenvalue weighted by Gasteiger charge is 2.25. The van der Waals surface area contributed by atoms with Crippen LogP contribution in [0.25, 0.3) is 0 Å². The Labute approximate surface area is 181 Å². The fourth-order valence-corrected chi connectivity index (χ4v) is 4.70. The van der Waals surface area contributed by atoms with Gasteiger partial charge in [0.15, 0.2) is 0 Å². The molecule has 1 N–H and O–H groups in total. The van der Waals surface area contributed by atoms with E-state index in [9.17, 15) is 18.5 Å². The topological polar surface area (TPSA) is 110 Å². The Morgan fingerprint density at radius 3 is 2.35 bits per heavy atom. The van der Waals surface area contributed by atoms with Gasteiger partial charge in [0.1, 0.15) is 5.69 Å². The van der Waals surface area contributed by atoms with E-state index in [4.69, 9.17) is 0 Å². The zero-order valence-corrected chi connectivity index (χ0v) is 18.2. The summed E-state index contributed by atoms with van der Waals surface area (Å²) in [5.41, 5.74) is 2.02. The van der Waals surface area contributed by atoms with Gasteiger partial charge in [-0.15, -0.1) is 0 Å². The number of nitrogens with zero attached hydrogens (tertiary/aromatic N) is 4. The molecule has 3 aromatic rings. The van der Waals surface area contributed by atoms with Crippen LogP contribution in [0.15, 0.2) is 65.8 Å². The first-order valence-electron chi connectivity index (χ1n) is 9.92. The quantitative estimate of drug-likeness (QED) is 0.379. The smallest absolute Gasteiger partial charge is 0.293 e. The molecule has 1 heterocycles.